The normalized spacial score (nSPS) is 12.1. The Kier molecular flexibility index (Phi) is 12.2. The molecule has 0 aliphatic heterocycles. The number of pyridine rings is 2. The van der Waals surface area contributed by atoms with Crippen molar-refractivity contribution < 1.29 is 23.5 Å². The Labute approximate surface area is 256 Å². The van der Waals surface area contributed by atoms with Crippen LogP contribution in [0.15, 0.2) is 47.5 Å². The van der Waals surface area contributed by atoms with E-state index in [0.717, 1.165) is 0 Å². The number of carbonyl (C=O) groups excluding carboxylic acids is 3. The van der Waals surface area contributed by atoms with Crippen molar-refractivity contribution in [3.8, 4) is 0 Å². The van der Waals surface area contributed by atoms with Gasteiger partial charge in [-0.2, -0.15) is 0 Å². The van der Waals surface area contributed by atoms with Crippen molar-refractivity contribution in [1.29, 1.82) is 0 Å². The Hall–Kier alpha value is -4.52. The number of rotatable bonds is 14. The van der Waals surface area contributed by atoms with E-state index in [1.54, 1.807) is 52.6 Å². The number of H-pyrrole nitrogens is 1. The number of hydrogen-bond acceptors (Lipinski definition) is 7. The molecule has 0 fully saturated rings. The number of aromatic amines is 1. The summed E-state index contributed by atoms with van der Waals surface area (Å²) in [6, 6.07) is 4.85. The highest BCUT2D eigenvalue weighted by Crippen LogP contribution is 2.23. The third-order valence-corrected chi connectivity index (χ3v) is 6.83. The molecule has 0 saturated carbocycles. The first-order valence-corrected chi connectivity index (χ1v) is 14.5. The molecule has 44 heavy (non-hydrogen) atoms. The van der Waals surface area contributed by atoms with Gasteiger partial charge in [-0.3, -0.25) is 19.4 Å². The second-order valence-corrected chi connectivity index (χ2v) is 11.2. The summed E-state index contributed by atoms with van der Waals surface area (Å²) in [7, 11) is 6.55. The van der Waals surface area contributed by atoms with Gasteiger partial charge in [0.15, 0.2) is 6.10 Å². The van der Waals surface area contributed by atoms with Crippen molar-refractivity contribution in [1.82, 2.24) is 29.7 Å². The lowest BCUT2D eigenvalue weighted by Crippen LogP contribution is -2.40. The number of halogens is 1. The number of anilines is 1. The van der Waals surface area contributed by atoms with Gasteiger partial charge in [-0.15, -0.1) is 0 Å². The number of nitrogens with one attached hydrogen (secondary N) is 3. The van der Waals surface area contributed by atoms with Crippen molar-refractivity contribution >= 4 is 34.6 Å². The Morgan fingerprint density at radius 1 is 1.23 bits per heavy atom. The highest BCUT2D eigenvalue weighted by molar-refractivity contribution is 5.95. The van der Waals surface area contributed by atoms with Gasteiger partial charge in [-0.25, -0.2) is 9.18 Å². The second kappa shape index (κ2) is 15.8. The lowest BCUT2D eigenvalue weighted by molar-refractivity contribution is -0.125. The first kappa shape index (κ1) is 34.0. The van der Waals surface area contributed by atoms with E-state index in [-0.39, 0.29) is 42.7 Å². The fourth-order valence-corrected chi connectivity index (χ4v) is 4.41. The quantitative estimate of drug-likeness (QED) is 0.238. The molecule has 3 N–H and O–H groups in total. The number of likely N-dealkylation sites (N-methyl/N-ethyl adjacent to an activating group) is 3. The van der Waals surface area contributed by atoms with Crippen LogP contribution < -0.4 is 16.2 Å². The SMILES string of the molecule is CNCCN(C)C(=O)O[C@@H](CC/C=C/C(=O)N(C)C)C(=O)Nc1cccn(Cc2cc3ncc(F)c(CC(C)C)c3[nH]2)c1=O. The summed E-state index contributed by atoms with van der Waals surface area (Å²) < 4.78 is 21.4. The second-order valence-electron chi connectivity index (χ2n) is 11.2. The lowest BCUT2D eigenvalue weighted by Gasteiger charge is -2.22. The molecule has 3 heterocycles. The van der Waals surface area contributed by atoms with Crippen LogP contribution >= 0.6 is 0 Å². The molecule has 0 bridgehead atoms. The number of allylic oxidation sites excluding steroid dienone is 1. The first-order valence-electron chi connectivity index (χ1n) is 14.5. The Balaban J connectivity index is 1.79. The summed E-state index contributed by atoms with van der Waals surface area (Å²) in [6.45, 7) is 5.03. The van der Waals surface area contributed by atoms with E-state index in [0.29, 0.717) is 41.8 Å². The number of carbonyl (C=O) groups is 3. The highest BCUT2D eigenvalue weighted by Gasteiger charge is 2.25. The van der Waals surface area contributed by atoms with Gasteiger partial charge in [0.25, 0.3) is 11.5 Å². The largest absolute Gasteiger partial charge is 0.436 e. The minimum atomic E-state index is -1.22. The number of nitrogens with zero attached hydrogens (tertiary/aromatic N) is 4. The molecule has 0 saturated heterocycles. The minimum Gasteiger partial charge on any atom is -0.436 e. The van der Waals surface area contributed by atoms with E-state index >= 15 is 0 Å². The molecule has 3 amide bonds. The third kappa shape index (κ3) is 9.24. The molecule has 0 spiro atoms. The third-order valence-electron chi connectivity index (χ3n) is 6.83. The summed E-state index contributed by atoms with van der Waals surface area (Å²) in [4.78, 5) is 61.3. The zero-order valence-corrected chi connectivity index (χ0v) is 26.1. The van der Waals surface area contributed by atoms with Gasteiger partial charge >= 0.3 is 6.09 Å². The predicted molar refractivity (Wildman–Crippen MR) is 167 cm³/mol. The van der Waals surface area contributed by atoms with Gasteiger partial charge in [-0.05, 0) is 56.5 Å². The number of fused-ring (bicyclic) bond motifs is 1. The maximum absolute atomic E-state index is 14.5. The van der Waals surface area contributed by atoms with E-state index < -0.39 is 23.7 Å². The molecule has 3 aromatic rings. The van der Waals surface area contributed by atoms with Crippen molar-refractivity contribution in [2.75, 3.05) is 46.6 Å². The molecule has 12 nitrogen and oxygen atoms in total. The molecule has 1 atom stereocenters. The summed E-state index contributed by atoms with van der Waals surface area (Å²) >= 11 is 0. The molecule has 0 radical (unpaired) electrons. The monoisotopic (exact) mass is 611 g/mol. The number of aromatic nitrogens is 3. The lowest BCUT2D eigenvalue weighted by atomic mass is 10.0. The average Bonchev–Trinajstić information content (AvgIpc) is 3.39. The molecule has 0 aliphatic carbocycles. The first-order chi connectivity index (χ1) is 20.9. The van der Waals surface area contributed by atoms with E-state index in [9.17, 15) is 23.6 Å². The standard InChI is InChI=1S/C31H42FN7O5/c1-20(2)16-22-23(32)18-34-25-17-21(35-28(22)25)19-39-14-9-10-24(30(39)42)36-29(41)26(11-7-8-12-27(40)37(4)5)44-31(43)38(6)15-13-33-3/h8-10,12,14,17-18,20,26,33,35H,7,11,13,15-16,19H2,1-6H3,(H,36,41)/b12-8+/t26-/m0/s1. The van der Waals surface area contributed by atoms with Gasteiger partial charge in [0.05, 0.1) is 23.8 Å². The van der Waals surface area contributed by atoms with Crippen LogP contribution in [0.25, 0.3) is 11.0 Å². The van der Waals surface area contributed by atoms with Gasteiger partial charge < -0.3 is 34.7 Å². The molecule has 0 aliphatic rings. The van der Waals surface area contributed by atoms with Gasteiger partial charge in [0, 0.05) is 51.7 Å². The summed E-state index contributed by atoms with van der Waals surface area (Å²) in [5.74, 6) is -1.04. The summed E-state index contributed by atoms with van der Waals surface area (Å²) in [5, 5.41) is 5.54. The smallest absolute Gasteiger partial charge is 0.410 e. The molecule has 3 rings (SSSR count). The van der Waals surface area contributed by atoms with Crippen LogP contribution in [0.4, 0.5) is 14.9 Å². The summed E-state index contributed by atoms with van der Waals surface area (Å²) in [5.41, 5.74) is 1.90. The fourth-order valence-electron chi connectivity index (χ4n) is 4.41. The van der Waals surface area contributed by atoms with Crippen LogP contribution in [0.1, 0.15) is 37.9 Å². The van der Waals surface area contributed by atoms with Crippen LogP contribution in [-0.2, 0) is 27.3 Å². The molecule has 13 heteroatoms. The van der Waals surface area contributed by atoms with E-state index in [2.05, 4.69) is 20.6 Å². The molecule has 0 unspecified atom stereocenters. The van der Waals surface area contributed by atoms with E-state index in [1.807, 2.05) is 13.8 Å². The highest BCUT2D eigenvalue weighted by atomic mass is 19.1. The molecule has 3 aromatic heterocycles. The predicted octanol–water partition coefficient (Wildman–Crippen LogP) is 3.13. The average molecular weight is 612 g/mol. The Bertz CT molecular complexity index is 1550. The van der Waals surface area contributed by atoms with Crippen LogP contribution in [0, 0.1) is 11.7 Å². The van der Waals surface area contributed by atoms with E-state index in [1.165, 1.54) is 32.7 Å². The molecule has 0 aromatic carbocycles. The number of hydrogen-bond donors (Lipinski definition) is 3. The summed E-state index contributed by atoms with van der Waals surface area (Å²) in [6.07, 6.45) is 4.75. The number of ether oxygens (including phenoxy) is 1. The van der Waals surface area contributed by atoms with Crippen molar-refractivity contribution in [3.05, 3.63) is 70.2 Å². The Morgan fingerprint density at radius 3 is 2.66 bits per heavy atom. The topological polar surface area (TPSA) is 142 Å². The van der Waals surface area contributed by atoms with Crippen molar-refractivity contribution in [2.24, 2.45) is 5.92 Å². The molecular weight excluding hydrogens is 569 g/mol. The molecule has 238 valence electrons. The van der Waals surface area contributed by atoms with Gasteiger partial charge in [-0.1, -0.05) is 19.9 Å². The minimum absolute atomic E-state index is 0.00110. The number of amides is 3. The van der Waals surface area contributed by atoms with E-state index in [4.69, 9.17) is 4.74 Å². The maximum atomic E-state index is 14.5. The Morgan fingerprint density at radius 2 is 1.98 bits per heavy atom. The maximum Gasteiger partial charge on any atom is 0.410 e. The zero-order valence-electron chi connectivity index (χ0n) is 26.1. The van der Waals surface area contributed by atoms with Crippen LogP contribution in [0.2, 0.25) is 0 Å². The van der Waals surface area contributed by atoms with Crippen LogP contribution in [0.3, 0.4) is 0 Å². The fraction of sp³-hybridized carbons (Fsp3) is 0.452. The van der Waals surface area contributed by atoms with Crippen molar-refractivity contribution in [3.63, 3.8) is 0 Å². The van der Waals surface area contributed by atoms with Crippen LogP contribution in [0.5, 0.6) is 0 Å². The molecular formula is C31H42FN7O5. The van der Waals surface area contributed by atoms with Gasteiger partial charge in [0.2, 0.25) is 5.91 Å². The van der Waals surface area contributed by atoms with Crippen molar-refractivity contribution in [2.45, 2.75) is 45.8 Å². The van der Waals surface area contributed by atoms with Crippen LogP contribution in [-0.4, -0.2) is 89.6 Å². The van der Waals surface area contributed by atoms with Gasteiger partial charge in [0.1, 0.15) is 11.5 Å². The zero-order chi connectivity index (χ0) is 32.4.